The summed E-state index contributed by atoms with van der Waals surface area (Å²) in [6.07, 6.45) is 3.84. The van der Waals surface area contributed by atoms with Gasteiger partial charge in [-0.3, -0.25) is 10.1 Å². The lowest BCUT2D eigenvalue weighted by Gasteiger charge is -2.39. The first-order valence-electron chi connectivity index (χ1n) is 11.4. The van der Waals surface area contributed by atoms with Gasteiger partial charge in [-0.25, -0.2) is 4.98 Å². The molecule has 2 N–H and O–H groups in total. The highest BCUT2D eigenvalue weighted by Gasteiger charge is 2.40. The van der Waals surface area contributed by atoms with E-state index in [1.54, 1.807) is 6.20 Å². The van der Waals surface area contributed by atoms with Crippen molar-refractivity contribution in [3.05, 3.63) is 142 Å². The third-order valence-electron chi connectivity index (χ3n) is 6.31. The Bertz CT molecular complexity index is 1340. The number of carbonyl (C=O) groups is 1. The highest BCUT2D eigenvalue weighted by Crippen LogP contribution is 2.37. The van der Waals surface area contributed by atoms with E-state index < -0.39 is 17.6 Å². The second-order valence-electron chi connectivity index (χ2n) is 8.38. The summed E-state index contributed by atoms with van der Waals surface area (Å²) in [6.45, 7) is 0. The molecule has 0 aliphatic rings. The van der Waals surface area contributed by atoms with Crippen LogP contribution in [0.15, 0.2) is 120 Å². The summed E-state index contributed by atoms with van der Waals surface area (Å²) in [6, 6.07) is 33.0. The van der Waals surface area contributed by atoms with Crippen LogP contribution in [0.3, 0.4) is 0 Å². The summed E-state index contributed by atoms with van der Waals surface area (Å²) in [5.74, 6) is -0.923. The number of imidazole rings is 1. The molecule has 0 fully saturated rings. The lowest BCUT2D eigenvalue weighted by Crippen LogP contribution is -2.53. The molecule has 5 rings (SSSR count). The average molecular weight is 526 g/mol. The molecule has 1 atom stereocenters. The van der Waals surface area contributed by atoms with E-state index in [2.05, 4.69) is 26.2 Å². The topological polar surface area (TPSA) is 66.6 Å². The van der Waals surface area contributed by atoms with Crippen LogP contribution in [0.1, 0.15) is 22.4 Å². The molecule has 35 heavy (non-hydrogen) atoms. The number of fused-ring (bicyclic) bond motifs is 1. The molecule has 0 unspecified atom stereocenters. The van der Waals surface area contributed by atoms with Crippen LogP contribution < -0.4 is 5.32 Å². The van der Waals surface area contributed by atoms with Gasteiger partial charge in [-0.15, -0.1) is 0 Å². The number of nitrogens with one attached hydrogen (secondary N) is 1. The van der Waals surface area contributed by atoms with Crippen LogP contribution in [-0.2, 0) is 16.8 Å². The van der Waals surface area contributed by atoms with Crippen molar-refractivity contribution in [1.29, 1.82) is 0 Å². The van der Waals surface area contributed by atoms with Gasteiger partial charge in [0, 0.05) is 24.5 Å². The number of carboxylic acid groups (broad SMARTS) is 1. The monoisotopic (exact) mass is 525 g/mol. The van der Waals surface area contributed by atoms with Crippen molar-refractivity contribution in [3.8, 4) is 0 Å². The van der Waals surface area contributed by atoms with E-state index in [4.69, 9.17) is 0 Å². The van der Waals surface area contributed by atoms with Crippen molar-refractivity contribution in [2.45, 2.75) is 18.0 Å². The highest BCUT2D eigenvalue weighted by molar-refractivity contribution is 9.10. The number of hydrogen-bond acceptors (Lipinski definition) is 3. The quantitative estimate of drug-likeness (QED) is 0.256. The van der Waals surface area contributed by atoms with Crippen LogP contribution in [0, 0.1) is 0 Å². The molecule has 5 nitrogen and oxygen atoms in total. The predicted octanol–water partition coefficient (Wildman–Crippen LogP) is 5.67. The molecule has 0 saturated carbocycles. The maximum atomic E-state index is 12.7. The zero-order valence-corrected chi connectivity index (χ0v) is 20.5. The van der Waals surface area contributed by atoms with Crippen LogP contribution in [0.25, 0.3) is 5.65 Å². The zero-order chi connectivity index (χ0) is 24.3. The maximum Gasteiger partial charge on any atom is 0.321 e. The van der Waals surface area contributed by atoms with Crippen molar-refractivity contribution in [1.82, 2.24) is 14.7 Å². The minimum Gasteiger partial charge on any atom is -0.480 e. The van der Waals surface area contributed by atoms with E-state index in [1.807, 2.05) is 114 Å². The van der Waals surface area contributed by atoms with Crippen molar-refractivity contribution in [2.75, 3.05) is 0 Å². The lowest BCUT2D eigenvalue weighted by atomic mass is 9.76. The second kappa shape index (κ2) is 9.86. The number of hydrogen-bond donors (Lipinski definition) is 2. The fourth-order valence-corrected chi connectivity index (χ4v) is 5.11. The van der Waals surface area contributed by atoms with Gasteiger partial charge in [0.15, 0.2) is 5.65 Å². The number of aliphatic carboxylic acids is 1. The first kappa shape index (κ1) is 23.0. The number of pyridine rings is 1. The summed E-state index contributed by atoms with van der Waals surface area (Å²) in [4.78, 5) is 17.1. The molecule has 0 radical (unpaired) electrons. The third-order valence-corrected chi connectivity index (χ3v) is 6.93. The number of carboxylic acids is 1. The molecular weight excluding hydrogens is 502 g/mol. The normalized spacial score (nSPS) is 12.5. The smallest absolute Gasteiger partial charge is 0.321 e. The minimum absolute atomic E-state index is 0.268. The van der Waals surface area contributed by atoms with E-state index in [1.165, 1.54) is 0 Å². The van der Waals surface area contributed by atoms with E-state index >= 15 is 0 Å². The lowest BCUT2D eigenvalue weighted by molar-refractivity contribution is -0.139. The van der Waals surface area contributed by atoms with Gasteiger partial charge in [-0.1, -0.05) is 91.0 Å². The molecular formula is C29H24BrN3O2. The average Bonchev–Trinajstić information content (AvgIpc) is 3.41. The Morgan fingerprint density at radius 2 is 1.37 bits per heavy atom. The molecule has 0 amide bonds. The molecule has 0 saturated heterocycles. The first-order valence-corrected chi connectivity index (χ1v) is 12.2. The maximum absolute atomic E-state index is 12.7. The number of aromatic nitrogens is 2. The van der Waals surface area contributed by atoms with Crippen molar-refractivity contribution in [2.24, 2.45) is 0 Å². The van der Waals surface area contributed by atoms with Crippen molar-refractivity contribution < 1.29 is 9.90 Å². The van der Waals surface area contributed by atoms with Gasteiger partial charge in [-0.05, 0) is 44.8 Å². The minimum atomic E-state index is -0.923. The molecule has 0 aliphatic carbocycles. The molecule has 3 aromatic carbocycles. The standard InChI is InChI=1S/C29H24BrN3O2/c30-25-17-16-24(33-19-18-31-27(25)33)20-26(28(34)35)32-29(21-10-4-1-5-11-21,22-12-6-2-7-13-22)23-14-8-3-9-15-23/h1-19,26,32H,20H2,(H,34,35)/t26-/m0/s1. The third kappa shape index (κ3) is 4.38. The number of benzene rings is 3. The molecule has 2 aromatic heterocycles. The molecule has 2 heterocycles. The highest BCUT2D eigenvalue weighted by atomic mass is 79.9. The molecule has 5 aromatic rings. The van der Waals surface area contributed by atoms with E-state index in [-0.39, 0.29) is 6.42 Å². The van der Waals surface area contributed by atoms with Crippen LogP contribution in [0.2, 0.25) is 0 Å². The summed E-state index contributed by atoms with van der Waals surface area (Å²) in [5.41, 5.74) is 3.62. The van der Waals surface area contributed by atoms with E-state index in [0.29, 0.717) is 0 Å². The van der Waals surface area contributed by atoms with Gasteiger partial charge in [0.1, 0.15) is 6.04 Å². The fourth-order valence-electron chi connectivity index (χ4n) is 4.69. The Kier molecular flexibility index (Phi) is 6.49. The largest absolute Gasteiger partial charge is 0.480 e. The molecule has 0 bridgehead atoms. The Labute approximate surface area is 212 Å². The van der Waals surface area contributed by atoms with Crippen LogP contribution >= 0.6 is 15.9 Å². The summed E-state index contributed by atoms with van der Waals surface area (Å²) < 4.78 is 2.79. The predicted molar refractivity (Wildman–Crippen MR) is 140 cm³/mol. The summed E-state index contributed by atoms with van der Waals surface area (Å²) >= 11 is 3.53. The first-order chi connectivity index (χ1) is 17.1. The van der Waals surface area contributed by atoms with Crippen molar-refractivity contribution >= 4 is 27.5 Å². The van der Waals surface area contributed by atoms with Gasteiger partial charge in [-0.2, -0.15) is 0 Å². The van der Waals surface area contributed by atoms with Gasteiger partial charge in [0.25, 0.3) is 0 Å². The molecule has 174 valence electrons. The Balaban J connectivity index is 1.67. The Hall–Kier alpha value is -3.74. The van der Waals surface area contributed by atoms with Crippen molar-refractivity contribution in [3.63, 3.8) is 0 Å². The van der Waals surface area contributed by atoms with Crippen LogP contribution in [-0.4, -0.2) is 26.5 Å². The second-order valence-corrected chi connectivity index (χ2v) is 9.24. The SMILES string of the molecule is O=C(O)[C@H](Cc1ccc(Br)c2nccn12)NC(c1ccccc1)(c1ccccc1)c1ccccc1. The molecule has 0 aliphatic heterocycles. The fraction of sp³-hybridized carbons (Fsp3) is 0.103. The molecule has 6 heteroatoms. The van der Waals surface area contributed by atoms with Gasteiger partial charge < -0.3 is 9.51 Å². The van der Waals surface area contributed by atoms with Gasteiger partial charge in [0.2, 0.25) is 0 Å². The number of halogens is 1. The van der Waals surface area contributed by atoms with Gasteiger partial charge >= 0.3 is 5.97 Å². The number of nitrogens with zero attached hydrogens (tertiary/aromatic N) is 2. The van der Waals surface area contributed by atoms with Crippen LogP contribution in [0.5, 0.6) is 0 Å². The Morgan fingerprint density at radius 1 is 0.857 bits per heavy atom. The summed E-state index contributed by atoms with van der Waals surface area (Å²) in [7, 11) is 0. The van der Waals surface area contributed by atoms with E-state index in [0.717, 1.165) is 32.5 Å². The Morgan fingerprint density at radius 3 is 1.86 bits per heavy atom. The summed E-state index contributed by atoms with van der Waals surface area (Å²) in [5, 5.41) is 14.0. The van der Waals surface area contributed by atoms with E-state index in [9.17, 15) is 9.90 Å². The zero-order valence-electron chi connectivity index (χ0n) is 18.9. The molecule has 0 spiro atoms. The van der Waals surface area contributed by atoms with Crippen LogP contribution in [0.4, 0.5) is 0 Å². The number of rotatable bonds is 8. The van der Waals surface area contributed by atoms with Gasteiger partial charge in [0.05, 0.1) is 10.0 Å².